The summed E-state index contributed by atoms with van der Waals surface area (Å²) in [6, 6.07) is 13.5. The van der Waals surface area contributed by atoms with E-state index < -0.39 is 0 Å². The van der Waals surface area contributed by atoms with Gasteiger partial charge in [-0.1, -0.05) is 47.5 Å². The van der Waals surface area contributed by atoms with E-state index in [9.17, 15) is 4.79 Å². The van der Waals surface area contributed by atoms with Gasteiger partial charge >= 0.3 is 0 Å². The summed E-state index contributed by atoms with van der Waals surface area (Å²) in [5.41, 5.74) is 3.12. The van der Waals surface area contributed by atoms with Gasteiger partial charge < -0.3 is 10.1 Å². The molecule has 3 rings (SSSR count). The highest BCUT2D eigenvalue weighted by atomic mass is 35.5. The highest BCUT2D eigenvalue weighted by Gasteiger charge is 2.10. The molecule has 0 bridgehead atoms. The molecule has 1 aliphatic heterocycles. The Hall–Kier alpha value is -1.85. The SMILES string of the molecule is O=C(C=Cc1cc(Cl)cc(Cl)c1)NCc1ccc(CN2CCOCC2)cc1. The lowest BCUT2D eigenvalue weighted by Crippen LogP contribution is -2.35. The van der Waals surface area contributed by atoms with E-state index in [4.69, 9.17) is 27.9 Å². The van der Waals surface area contributed by atoms with Gasteiger partial charge in [-0.3, -0.25) is 9.69 Å². The van der Waals surface area contributed by atoms with Crippen LogP contribution in [0.2, 0.25) is 10.0 Å². The molecule has 2 aromatic carbocycles. The number of ether oxygens (including phenoxy) is 1. The highest BCUT2D eigenvalue weighted by Crippen LogP contribution is 2.19. The predicted molar refractivity (Wildman–Crippen MR) is 110 cm³/mol. The summed E-state index contributed by atoms with van der Waals surface area (Å²) >= 11 is 11.9. The first kappa shape index (κ1) is 19.9. The summed E-state index contributed by atoms with van der Waals surface area (Å²) in [5, 5.41) is 3.96. The summed E-state index contributed by atoms with van der Waals surface area (Å²) in [6.45, 7) is 4.97. The maximum absolute atomic E-state index is 12.0. The van der Waals surface area contributed by atoms with Gasteiger partial charge in [0.2, 0.25) is 5.91 Å². The van der Waals surface area contributed by atoms with E-state index >= 15 is 0 Å². The van der Waals surface area contributed by atoms with Crippen molar-refractivity contribution in [1.29, 1.82) is 0 Å². The smallest absolute Gasteiger partial charge is 0.244 e. The van der Waals surface area contributed by atoms with Crippen molar-refractivity contribution in [3.8, 4) is 0 Å². The fourth-order valence-electron chi connectivity index (χ4n) is 2.87. The average Bonchev–Trinajstić information content (AvgIpc) is 2.66. The number of rotatable bonds is 6. The normalized spacial score (nSPS) is 15.2. The summed E-state index contributed by atoms with van der Waals surface area (Å²) in [4.78, 5) is 14.4. The molecule has 142 valence electrons. The minimum Gasteiger partial charge on any atom is -0.379 e. The van der Waals surface area contributed by atoms with Crippen LogP contribution in [0.5, 0.6) is 0 Å². The molecule has 4 nitrogen and oxygen atoms in total. The van der Waals surface area contributed by atoms with Crippen LogP contribution in [-0.4, -0.2) is 37.1 Å². The first-order chi connectivity index (χ1) is 13.1. The Kier molecular flexibility index (Phi) is 7.30. The maximum Gasteiger partial charge on any atom is 0.244 e. The van der Waals surface area contributed by atoms with E-state index in [1.165, 1.54) is 11.6 Å². The molecule has 0 spiro atoms. The zero-order chi connectivity index (χ0) is 19.1. The summed E-state index contributed by atoms with van der Waals surface area (Å²) in [5.74, 6) is -0.163. The van der Waals surface area contributed by atoms with Crippen molar-refractivity contribution in [2.24, 2.45) is 0 Å². The fraction of sp³-hybridized carbons (Fsp3) is 0.286. The first-order valence-corrected chi connectivity index (χ1v) is 9.64. The molecule has 1 heterocycles. The second-order valence-electron chi connectivity index (χ2n) is 6.46. The number of amides is 1. The van der Waals surface area contributed by atoms with Gasteiger partial charge in [-0.25, -0.2) is 0 Å². The summed E-state index contributed by atoms with van der Waals surface area (Å²) in [6.07, 6.45) is 3.17. The van der Waals surface area contributed by atoms with Crippen molar-refractivity contribution in [1.82, 2.24) is 10.2 Å². The predicted octanol–water partition coefficient (Wildman–Crippen LogP) is 4.16. The van der Waals surface area contributed by atoms with Crippen molar-refractivity contribution in [3.63, 3.8) is 0 Å². The number of hydrogen-bond acceptors (Lipinski definition) is 3. The van der Waals surface area contributed by atoms with E-state index in [2.05, 4.69) is 34.5 Å². The third kappa shape index (κ3) is 6.67. The molecule has 1 saturated heterocycles. The van der Waals surface area contributed by atoms with E-state index in [0.29, 0.717) is 16.6 Å². The Labute approximate surface area is 169 Å². The Balaban J connectivity index is 1.47. The number of halogens is 2. The first-order valence-electron chi connectivity index (χ1n) is 8.88. The Morgan fingerprint density at radius 3 is 2.33 bits per heavy atom. The van der Waals surface area contributed by atoms with Gasteiger partial charge in [0.15, 0.2) is 0 Å². The van der Waals surface area contributed by atoms with Crippen LogP contribution in [0.15, 0.2) is 48.5 Å². The number of carbonyl (C=O) groups excluding carboxylic acids is 1. The van der Waals surface area contributed by atoms with Gasteiger partial charge in [-0.15, -0.1) is 0 Å². The number of nitrogens with one attached hydrogen (secondary N) is 1. The van der Waals surface area contributed by atoms with Crippen LogP contribution in [0.1, 0.15) is 16.7 Å². The molecule has 1 amide bonds. The number of hydrogen-bond donors (Lipinski definition) is 1. The topological polar surface area (TPSA) is 41.6 Å². The standard InChI is InChI=1S/C21H22Cl2N2O2/c22-19-11-18(12-20(23)13-19)5-6-21(26)24-14-16-1-3-17(4-2-16)15-25-7-9-27-10-8-25/h1-6,11-13H,7-10,14-15H2,(H,24,26). The largest absolute Gasteiger partial charge is 0.379 e. The summed E-state index contributed by atoms with van der Waals surface area (Å²) < 4.78 is 5.37. The molecule has 1 N–H and O–H groups in total. The third-order valence-electron chi connectivity index (χ3n) is 4.31. The van der Waals surface area contributed by atoms with Crippen LogP contribution in [0.3, 0.4) is 0 Å². The van der Waals surface area contributed by atoms with Crippen molar-refractivity contribution < 1.29 is 9.53 Å². The quantitative estimate of drug-likeness (QED) is 0.734. The molecule has 0 saturated carbocycles. The molecular weight excluding hydrogens is 383 g/mol. The molecule has 0 aromatic heterocycles. The fourth-order valence-corrected chi connectivity index (χ4v) is 3.41. The number of nitrogens with zero attached hydrogens (tertiary/aromatic N) is 1. The lowest BCUT2D eigenvalue weighted by Gasteiger charge is -2.26. The Bertz CT molecular complexity index is 780. The van der Waals surface area contributed by atoms with Crippen LogP contribution in [0.25, 0.3) is 6.08 Å². The molecule has 27 heavy (non-hydrogen) atoms. The van der Waals surface area contributed by atoms with Gasteiger partial charge in [-0.2, -0.15) is 0 Å². The minimum absolute atomic E-state index is 0.163. The molecule has 2 aromatic rings. The van der Waals surface area contributed by atoms with E-state index in [1.54, 1.807) is 24.3 Å². The van der Waals surface area contributed by atoms with Crippen LogP contribution in [0, 0.1) is 0 Å². The Morgan fingerprint density at radius 2 is 1.67 bits per heavy atom. The lowest BCUT2D eigenvalue weighted by atomic mass is 10.1. The summed E-state index contributed by atoms with van der Waals surface area (Å²) in [7, 11) is 0. The van der Waals surface area contributed by atoms with E-state index in [1.807, 2.05) is 0 Å². The maximum atomic E-state index is 12.0. The molecule has 6 heteroatoms. The van der Waals surface area contributed by atoms with Crippen LogP contribution < -0.4 is 5.32 Å². The average molecular weight is 405 g/mol. The molecule has 0 aliphatic carbocycles. The molecule has 0 unspecified atom stereocenters. The second kappa shape index (κ2) is 9.90. The third-order valence-corrected chi connectivity index (χ3v) is 4.75. The zero-order valence-corrected chi connectivity index (χ0v) is 16.5. The lowest BCUT2D eigenvalue weighted by molar-refractivity contribution is -0.116. The molecule has 0 radical (unpaired) electrons. The van der Waals surface area contributed by atoms with Crippen molar-refractivity contribution in [2.45, 2.75) is 13.1 Å². The number of carbonyl (C=O) groups is 1. The molecule has 1 fully saturated rings. The highest BCUT2D eigenvalue weighted by molar-refractivity contribution is 6.34. The number of benzene rings is 2. The van der Waals surface area contributed by atoms with Crippen molar-refractivity contribution in [3.05, 3.63) is 75.3 Å². The molecule has 1 aliphatic rings. The van der Waals surface area contributed by atoms with Crippen molar-refractivity contribution in [2.75, 3.05) is 26.3 Å². The van der Waals surface area contributed by atoms with Gasteiger partial charge in [0, 0.05) is 42.3 Å². The molecule has 0 atom stereocenters. The second-order valence-corrected chi connectivity index (χ2v) is 7.33. The van der Waals surface area contributed by atoms with E-state index in [-0.39, 0.29) is 5.91 Å². The van der Waals surface area contributed by atoms with Gasteiger partial charge in [0.05, 0.1) is 13.2 Å². The van der Waals surface area contributed by atoms with Crippen LogP contribution in [0.4, 0.5) is 0 Å². The van der Waals surface area contributed by atoms with Crippen molar-refractivity contribution >= 4 is 35.2 Å². The Morgan fingerprint density at radius 1 is 1.04 bits per heavy atom. The zero-order valence-electron chi connectivity index (χ0n) is 15.0. The molecular formula is C21H22Cl2N2O2. The van der Waals surface area contributed by atoms with Crippen LogP contribution >= 0.6 is 23.2 Å². The van der Waals surface area contributed by atoms with E-state index in [0.717, 1.165) is 44.0 Å². The van der Waals surface area contributed by atoms with Crippen LogP contribution in [-0.2, 0) is 22.6 Å². The van der Waals surface area contributed by atoms with Gasteiger partial charge in [-0.05, 0) is 41.0 Å². The van der Waals surface area contributed by atoms with Gasteiger partial charge in [0.25, 0.3) is 0 Å². The minimum atomic E-state index is -0.163. The van der Waals surface area contributed by atoms with Gasteiger partial charge in [0.1, 0.15) is 0 Å². The number of morpholine rings is 1. The monoisotopic (exact) mass is 404 g/mol.